The summed E-state index contributed by atoms with van der Waals surface area (Å²) < 4.78 is 0. The van der Waals surface area contributed by atoms with Gasteiger partial charge in [-0.05, 0) is 19.3 Å². The summed E-state index contributed by atoms with van der Waals surface area (Å²) in [7, 11) is 0. The van der Waals surface area contributed by atoms with Crippen molar-refractivity contribution in [1.82, 2.24) is 10.0 Å². The van der Waals surface area contributed by atoms with Crippen LogP contribution in [0.1, 0.15) is 51.9 Å². The third-order valence-corrected chi connectivity index (χ3v) is 4.00. The van der Waals surface area contributed by atoms with Crippen molar-refractivity contribution in [1.29, 1.82) is 0 Å². The molecule has 2 heterocycles. The lowest BCUT2D eigenvalue weighted by Crippen LogP contribution is -2.40. The lowest BCUT2D eigenvalue weighted by molar-refractivity contribution is -0.138. The van der Waals surface area contributed by atoms with Crippen LogP contribution in [0.2, 0.25) is 0 Å². The van der Waals surface area contributed by atoms with Gasteiger partial charge in [0, 0.05) is 25.6 Å². The van der Waals surface area contributed by atoms with Gasteiger partial charge >= 0.3 is 0 Å². The summed E-state index contributed by atoms with van der Waals surface area (Å²) in [4.78, 5) is 11.8. The smallest absolute Gasteiger partial charge is 0.238 e. The molecule has 0 aromatic rings. The van der Waals surface area contributed by atoms with E-state index in [2.05, 4.69) is 11.9 Å². The summed E-state index contributed by atoms with van der Waals surface area (Å²) in [5.74, 6) is 0.251. The highest BCUT2D eigenvalue weighted by Gasteiger charge is 2.44. The quantitative estimate of drug-likeness (QED) is 0.716. The Kier molecular flexibility index (Phi) is 4.40. The Morgan fingerprint density at radius 1 is 1.29 bits per heavy atom. The molecule has 4 nitrogen and oxygen atoms in total. The van der Waals surface area contributed by atoms with E-state index in [1.165, 1.54) is 25.7 Å². The summed E-state index contributed by atoms with van der Waals surface area (Å²) in [6.45, 7) is 3.29. The minimum Gasteiger partial charge on any atom is -0.396 e. The first-order valence-electron chi connectivity index (χ1n) is 6.97. The molecular weight excluding hydrogens is 216 g/mol. The van der Waals surface area contributed by atoms with Crippen LogP contribution in [0.5, 0.6) is 0 Å². The summed E-state index contributed by atoms with van der Waals surface area (Å²) in [6, 6.07) is 0.783. The van der Waals surface area contributed by atoms with E-state index in [1.54, 1.807) is 0 Å². The number of rotatable bonds is 6. The molecule has 2 atom stereocenters. The number of unbranched alkanes of at least 4 members (excludes halogenated alkanes) is 2. The minimum atomic E-state index is 0.184. The van der Waals surface area contributed by atoms with Crippen molar-refractivity contribution < 1.29 is 9.90 Å². The molecule has 2 saturated heterocycles. The molecule has 0 bridgehead atoms. The average molecular weight is 240 g/mol. The predicted molar refractivity (Wildman–Crippen MR) is 66.2 cm³/mol. The van der Waals surface area contributed by atoms with Crippen molar-refractivity contribution in [2.75, 3.05) is 13.2 Å². The molecule has 0 aromatic carbocycles. The van der Waals surface area contributed by atoms with Crippen LogP contribution < -0.4 is 0 Å². The van der Waals surface area contributed by atoms with Gasteiger partial charge in [0.1, 0.15) is 0 Å². The monoisotopic (exact) mass is 240 g/mol. The molecule has 17 heavy (non-hydrogen) atoms. The Morgan fingerprint density at radius 2 is 2.12 bits per heavy atom. The lowest BCUT2D eigenvalue weighted by Gasteiger charge is -2.27. The van der Waals surface area contributed by atoms with Crippen molar-refractivity contribution in [3.8, 4) is 0 Å². The van der Waals surface area contributed by atoms with Crippen LogP contribution in [0, 0.1) is 0 Å². The van der Waals surface area contributed by atoms with Crippen molar-refractivity contribution in [3.63, 3.8) is 0 Å². The van der Waals surface area contributed by atoms with Crippen molar-refractivity contribution >= 4 is 5.91 Å². The fraction of sp³-hybridized carbons (Fsp3) is 0.923. The topological polar surface area (TPSA) is 43.8 Å². The van der Waals surface area contributed by atoms with E-state index < -0.39 is 0 Å². The molecule has 0 radical (unpaired) electrons. The molecule has 98 valence electrons. The van der Waals surface area contributed by atoms with E-state index in [1.807, 2.05) is 5.01 Å². The Balaban J connectivity index is 1.93. The zero-order valence-corrected chi connectivity index (χ0v) is 10.8. The number of aliphatic hydroxyl groups excluding tert-OH is 1. The third kappa shape index (κ3) is 2.63. The molecule has 0 saturated carbocycles. The Morgan fingerprint density at radius 3 is 2.82 bits per heavy atom. The third-order valence-electron chi connectivity index (χ3n) is 4.00. The summed E-state index contributed by atoms with van der Waals surface area (Å²) in [5.41, 5.74) is 0. The normalized spacial score (nSPS) is 29.1. The number of nitrogens with zero attached hydrogens (tertiary/aromatic N) is 2. The Labute approximate surface area is 104 Å². The SMILES string of the molecule is CCCCC[C@H]1C[C@H](CCO)N2C(=O)CCN12. The molecule has 0 unspecified atom stereocenters. The number of hydrazine groups is 1. The number of hydrogen-bond acceptors (Lipinski definition) is 3. The van der Waals surface area contributed by atoms with E-state index in [0.29, 0.717) is 12.5 Å². The van der Waals surface area contributed by atoms with Gasteiger partial charge in [0.2, 0.25) is 5.91 Å². The van der Waals surface area contributed by atoms with Crippen LogP contribution in [0.15, 0.2) is 0 Å². The molecule has 0 spiro atoms. The van der Waals surface area contributed by atoms with Crippen molar-refractivity contribution in [2.45, 2.75) is 64.0 Å². The highest BCUT2D eigenvalue weighted by Crippen LogP contribution is 2.34. The molecule has 1 amide bonds. The van der Waals surface area contributed by atoms with E-state index in [9.17, 15) is 4.79 Å². The van der Waals surface area contributed by atoms with Crippen molar-refractivity contribution in [3.05, 3.63) is 0 Å². The Bertz CT molecular complexity index is 270. The van der Waals surface area contributed by atoms with E-state index in [4.69, 9.17) is 5.11 Å². The van der Waals surface area contributed by atoms with Gasteiger partial charge in [0.05, 0.1) is 6.04 Å². The van der Waals surface area contributed by atoms with E-state index in [0.717, 1.165) is 19.4 Å². The molecule has 2 aliphatic rings. The summed E-state index contributed by atoms with van der Waals surface area (Å²) in [6.07, 6.45) is 7.41. The molecule has 0 aromatic heterocycles. The summed E-state index contributed by atoms with van der Waals surface area (Å²) >= 11 is 0. The predicted octanol–water partition coefficient (Wildman–Crippen LogP) is 1.54. The van der Waals surface area contributed by atoms with Gasteiger partial charge in [-0.1, -0.05) is 26.2 Å². The van der Waals surface area contributed by atoms with Gasteiger partial charge in [0.15, 0.2) is 0 Å². The number of fused-ring (bicyclic) bond motifs is 1. The zero-order valence-electron chi connectivity index (χ0n) is 10.8. The average Bonchev–Trinajstić information content (AvgIpc) is 2.84. The molecule has 2 rings (SSSR count). The molecule has 1 N–H and O–H groups in total. The van der Waals surface area contributed by atoms with Gasteiger partial charge in [0.25, 0.3) is 0 Å². The van der Waals surface area contributed by atoms with Gasteiger partial charge in [-0.2, -0.15) is 0 Å². The second kappa shape index (κ2) is 5.83. The fourth-order valence-corrected chi connectivity index (χ4v) is 3.17. The maximum Gasteiger partial charge on any atom is 0.238 e. The van der Waals surface area contributed by atoms with Crippen molar-refractivity contribution in [2.24, 2.45) is 0 Å². The molecule has 0 aliphatic carbocycles. The number of carbonyl (C=O) groups excluding carboxylic acids is 1. The van der Waals surface area contributed by atoms with Crippen LogP contribution in [-0.2, 0) is 4.79 Å². The first-order chi connectivity index (χ1) is 8.27. The van der Waals surface area contributed by atoms with Crippen LogP contribution in [0.25, 0.3) is 0 Å². The number of aliphatic hydroxyl groups is 1. The highest BCUT2D eigenvalue weighted by atomic mass is 16.3. The van der Waals surface area contributed by atoms with Crippen LogP contribution in [0.3, 0.4) is 0 Å². The van der Waals surface area contributed by atoms with E-state index >= 15 is 0 Å². The lowest BCUT2D eigenvalue weighted by atomic mass is 10.0. The zero-order chi connectivity index (χ0) is 12.3. The van der Waals surface area contributed by atoms with Gasteiger partial charge in [-0.25, -0.2) is 5.01 Å². The summed E-state index contributed by atoms with van der Waals surface area (Å²) in [5, 5.41) is 13.3. The first kappa shape index (κ1) is 12.8. The van der Waals surface area contributed by atoms with Crippen LogP contribution >= 0.6 is 0 Å². The molecular formula is C13H24N2O2. The molecule has 2 aliphatic heterocycles. The fourth-order valence-electron chi connectivity index (χ4n) is 3.17. The standard InChI is InChI=1S/C13H24N2O2/c1-2-3-4-5-11-10-12(7-9-16)15-13(17)6-8-14(11)15/h11-12,16H,2-10H2,1H3/t11-,12-/m0/s1. The van der Waals surface area contributed by atoms with Crippen LogP contribution in [0.4, 0.5) is 0 Å². The largest absolute Gasteiger partial charge is 0.396 e. The minimum absolute atomic E-state index is 0.184. The highest BCUT2D eigenvalue weighted by molar-refractivity contribution is 5.78. The second-order valence-corrected chi connectivity index (χ2v) is 5.20. The van der Waals surface area contributed by atoms with E-state index in [-0.39, 0.29) is 18.6 Å². The van der Waals surface area contributed by atoms with Gasteiger partial charge in [-0.15, -0.1) is 0 Å². The molecule has 4 heteroatoms. The van der Waals surface area contributed by atoms with Gasteiger partial charge in [-0.3, -0.25) is 9.80 Å². The second-order valence-electron chi connectivity index (χ2n) is 5.20. The number of carbonyl (C=O) groups is 1. The maximum absolute atomic E-state index is 11.8. The maximum atomic E-state index is 11.8. The molecule has 2 fully saturated rings. The first-order valence-corrected chi connectivity index (χ1v) is 6.97. The van der Waals surface area contributed by atoms with Gasteiger partial charge < -0.3 is 5.11 Å². The van der Waals surface area contributed by atoms with Crippen LogP contribution in [-0.4, -0.2) is 46.3 Å². The number of hydrogen-bond donors (Lipinski definition) is 1. The Hall–Kier alpha value is -0.610. The number of amides is 1.